The van der Waals surface area contributed by atoms with E-state index in [0.717, 1.165) is 5.56 Å². The van der Waals surface area contributed by atoms with Crippen LogP contribution in [0.25, 0.3) is 0 Å². The van der Waals surface area contributed by atoms with E-state index in [-0.39, 0.29) is 12.5 Å². The molecule has 100 valence electrons. The van der Waals surface area contributed by atoms with Gasteiger partial charge in [-0.3, -0.25) is 10.1 Å². The third kappa shape index (κ3) is 4.15. The number of anilines is 1. The average Bonchev–Trinajstić information content (AvgIpc) is 2.84. The summed E-state index contributed by atoms with van der Waals surface area (Å²) >= 11 is 1.39. The molecule has 0 aliphatic heterocycles. The number of carbonyl (C=O) groups is 1. The molecule has 1 heterocycles. The van der Waals surface area contributed by atoms with Gasteiger partial charge in [0.1, 0.15) is 6.61 Å². The molecule has 0 fully saturated rings. The summed E-state index contributed by atoms with van der Waals surface area (Å²) in [6.45, 7) is 4.57. The van der Waals surface area contributed by atoms with E-state index in [0.29, 0.717) is 11.7 Å². The Morgan fingerprint density at radius 2 is 2.26 bits per heavy atom. The van der Waals surface area contributed by atoms with Gasteiger partial charge >= 0.3 is 0 Å². The molecule has 1 aromatic carbocycles. The van der Waals surface area contributed by atoms with Crippen molar-refractivity contribution in [3.63, 3.8) is 0 Å². The van der Waals surface area contributed by atoms with Crippen LogP contribution in [0.2, 0.25) is 0 Å². The molecule has 0 bridgehead atoms. The van der Waals surface area contributed by atoms with Gasteiger partial charge in [0.15, 0.2) is 5.13 Å². The largest absolute Gasteiger partial charge is 0.367 e. The van der Waals surface area contributed by atoms with E-state index in [1.807, 2.05) is 24.4 Å². The van der Waals surface area contributed by atoms with Crippen molar-refractivity contribution < 1.29 is 9.53 Å². The predicted molar refractivity (Wildman–Crippen MR) is 76.3 cm³/mol. The van der Waals surface area contributed by atoms with Crippen LogP contribution in [0.4, 0.5) is 5.13 Å². The molecule has 1 N–H and O–H groups in total. The molecule has 0 spiro atoms. The quantitative estimate of drug-likeness (QED) is 0.913. The topological polar surface area (TPSA) is 51.2 Å². The Morgan fingerprint density at radius 1 is 1.42 bits per heavy atom. The lowest BCUT2D eigenvalue weighted by molar-refractivity contribution is -0.121. The highest BCUT2D eigenvalue weighted by molar-refractivity contribution is 7.13. The van der Waals surface area contributed by atoms with E-state index in [9.17, 15) is 4.79 Å². The third-order valence-corrected chi connectivity index (χ3v) is 3.36. The first-order valence-electron chi connectivity index (χ1n) is 5.98. The van der Waals surface area contributed by atoms with E-state index in [2.05, 4.69) is 23.3 Å². The predicted octanol–water partition coefficient (Wildman–Crippen LogP) is 2.92. The van der Waals surface area contributed by atoms with Crippen molar-refractivity contribution in [3.05, 3.63) is 46.5 Å². The Hall–Kier alpha value is -1.72. The zero-order valence-electron chi connectivity index (χ0n) is 11.0. The van der Waals surface area contributed by atoms with E-state index >= 15 is 0 Å². The Labute approximate surface area is 116 Å². The second-order valence-electron chi connectivity index (χ2n) is 4.31. The van der Waals surface area contributed by atoms with Crippen LogP contribution in [0.1, 0.15) is 16.7 Å². The fraction of sp³-hybridized carbons (Fsp3) is 0.286. The second-order valence-corrected chi connectivity index (χ2v) is 5.20. The molecule has 5 heteroatoms. The van der Waals surface area contributed by atoms with Crippen LogP contribution in [0, 0.1) is 13.8 Å². The molecule has 1 amide bonds. The number of amides is 1. The highest BCUT2D eigenvalue weighted by Gasteiger charge is 2.05. The summed E-state index contributed by atoms with van der Waals surface area (Å²) in [4.78, 5) is 15.5. The molecule has 1 aromatic heterocycles. The first-order valence-corrected chi connectivity index (χ1v) is 6.86. The minimum absolute atomic E-state index is 0.0346. The third-order valence-electron chi connectivity index (χ3n) is 2.67. The Kier molecular flexibility index (Phi) is 4.65. The van der Waals surface area contributed by atoms with Crippen LogP contribution in [-0.2, 0) is 16.1 Å². The van der Waals surface area contributed by atoms with Gasteiger partial charge in [-0.15, -0.1) is 11.3 Å². The van der Waals surface area contributed by atoms with Crippen LogP contribution in [0.5, 0.6) is 0 Å². The van der Waals surface area contributed by atoms with Crippen molar-refractivity contribution in [1.82, 2.24) is 4.98 Å². The van der Waals surface area contributed by atoms with Gasteiger partial charge in [-0.05, 0) is 25.0 Å². The molecule has 0 atom stereocenters. The molecule has 0 saturated heterocycles. The maximum atomic E-state index is 11.6. The number of carbonyl (C=O) groups excluding carboxylic acids is 1. The lowest BCUT2D eigenvalue weighted by Gasteiger charge is -2.08. The molecule has 4 nitrogen and oxygen atoms in total. The van der Waals surface area contributed by atoms with Crippen LogP contribution in [-0.4, -0.2) is 17.5 Å². The van der Waals surface area contributed by atoms with Crippen LogP contribution in [0.3, 0.4) is 0 Å². The molecule has 19 heavy (non-hydrogen) atoms. The molecule has 2 rings (SSSR count). The average molecular weight is 276 g/mol. The summed E-state index contributed by atoms with van der Waals surface area (Å²) in [6.07, 6.45) is 1.65. The number of nitrogens with one attached hydrogen (secondary N) is 1. The van der Waals surface area contributed by atoms with Crippen LogP contribution < -0.4 is 5.32 Å². The van der Waals surface area contributed by atoms with Crippen molar-refractivity contribution in [1.29, 1.82) is 0 Å². The van der Waals surface area contributed by atoms with E-state index in [1.165, 1.54) is 22.5 Å². The summed E-state index contributed by atoms with van der Waals surface area (Å²) in [5.41, 5.74) is 3.51. The second kappa shape index (κ2) is 6.45. The molecule has 0 aliphatic rings. The minimum Gasteiger partial charge on any atom is -0.367 e. The van der Waals surface area contributed by atoms with Gasteiger partial charge in [-0.25, -0.2) is 4.98 Å². The summed E-state index contributed by atoms with van der Waals surface area (Å²) in [5.74, 6) is -0.181. The van der Waals surface area contributed by atoms with E-state index in [1.54, 1.807) is 6.20 Å². The molecule has 0 unspecified atom stereocenters. The summed E-state index contributed by atoms with van der Waals surface area (Å²) in [6, 6.07) is 6.18. The zero-order valence-corrected chi connectivity index (χ0v) is 11.8. The molecule has 0 radical (unpaired) electrons. The normalized spacial score (nSPS) is 10.4. The number of thiazole rings is 1. The van der Waals surface area contributed by atoms with E-state index in [4.69, 9.17) is 4.74 Å². The maximum Gasteiger partial charge on any atom is 0.252 e. The van der Waals surface area contributed by atoms with Crippen molar-refractivity contribution in [3.8, 4) is 0 Å². The number of hydrogen-bond acceptors (Lipinski definition) is 4. The van der Waals surface area contributed by atoms with Crippen LogP contribution in [0.15, 0.2) is 29.8 Å². The molecular formula is C14H16N2O2S. The summed E-state index contributed by atoms with van der Waals surface area (Å²) in [7, 11) is 0. The van der Waals surface area contributed by atoms with Gasteiger partial charge in [-0.1, -0.05) is 23.8 Å². The summed E-state index contributed by atoms with van der Waals surface area (Å²) < 4.78 is 5.42. The Morgan fingerprint density at radius 3 is 2.95 bits per heavy atom. The van der Waals surface area contributed by atoms with Gasteiger partial charge in [-0.2, -0.15) is 0 Å². The standard InChI is InChI=1S/C14H16N2O2S/c1-10-3-4-12(11(2)7-10)8-18-9-13(17)16-14-15-5-6-19-14/h3-7H,8-9H2,1-2H3,(H,15,16,17). The Bertz CT molecular complexity index is 553. The highest BCUT2D eigenvalue weighted by Crippen LogP contribution is 2.12. The Balaban J connectivity index is 1.78. The molecule has 0 saturated carbocycles. The number of aryl methyl sites for hydroxylation is 2. The van der Waals surface area contributed by atoms with E-state index < -0.39 is 0 Å². The van der Waals surface area contributed by atoms with Gasteiger partial charge in [0.05, 0.1) is 6.61 Å². The first-order chi connectivity index (χ1) is 9.15. The lowest BCUT2D eigenvalue weighted by atomic mass is 10.1. The number of aromatic nitrogens is 1. The summed E-state index contributed by atoms with van der Waals surface area (Å²) in [5, 5.41) is 5.08. The highest BCUT2D eigenvalue weighted by atomic mass is 32.1. The van der Waals surface area contributed by atoms with Crippen molar-refractivity contribution >= 4 is 22.4 Å². The SMILES string of the molecule is Cc1ccc(COCC(=O)Nc2nccs2)c(C)c1. The van der Waals surface area contributed by atoms with Gasteiger partial charge < -0.3 is 4.74 Å². The molecule has 0 aliphatic carbocycles. The minimum atomic E-state index is -0.181. The number of benzene rings is 1. The number of ether oxygens (including phenoxy) is 1. The lowest BCUT2D eigenvalue weighted by Crippen LogP contribution is -2.18. The monoisotopic (exact) mass is 276 g/mol. The fourth-order valence-electron chi connectivity index (χ4n) is 1.70. The molecular weight excluding hydrogens is 260 g/mol. The fourth-order valence-corrected chi connectivity index (χ4v) is 2.25. The number of nitrogens with zero attached hydrogens (tertiary/aromatic N) is 1. The molecule has 2 aromatic rings. The van der Waals surface area contributed by atoms with Crippen molar-refractivity contribution in [2.24, 2.45) is 0 Å². The smallest absolute Gasteiger partial charge is 0.252 e. The van der Waals surface area contributed by atoms with Crippen molar-refractivity contribution in [2.45, 2.75) is 20.5 Å². The van der Waals surface area contributed by atoms with Gasteiger partial charge in [0.25, 0.3) is 5.91 Å². The van der Waals surface area contributed by atoms with Crippen LogP contribution >= 0.6 is 11.3 Å². The van der Waals surface area contributed by atoms with Gasteiger partial charge in [0, 0.05) is 11.6 Å². The van der Waals surface area contributed by atoms with Gasteiger partial charge in [0.2, 0.25) is 0 Å². The maximum absolute atomic E-state index is 11.6. The number of hydrogen-bond donors (Lipinski definition) is 1. The van der Waals surface area contributed by atoms with Crippen molar-refractivity contribution in [2.75, 3.05) is 11.9 Å². The number of rotatable bonds is 5. The zero-order chi connectivity index (χ0) is 13.7. The first kappa shape index (κ1) is 13.7.